The van der Waals surface area contributed by atoms with Gasteiger partial charge >= 0.3 is 6.18 Å². The average molecular weight is 386 g/mol. The van der Waals surface area contributed by atoms with Crippen LogP contribution < -0.4 is 10.6 Å². The van der Waals surface area contributed by atoms with Crippen molar-refractivity contribution in [2.24, 2.45) is 0 Å². The van der Waals surface area contributed by atoms with Crippen LogP contribution in [-0.2, 0) is 6.18 Å². The van der Waals surface area contributed by atoms with Crippen LogP contribution in [0.3, 0.4) is 0 Å². The molecule has 2 aromatic carbocycles. The molecule has 1 amide bonds. The summed E-state index contributed by atoms with van der Waals surface area (Å²) in [6, 6.07) is 11.9. The first kappa shape index (κ1) is 19.3. The molecule has 28 heavy (non-hydrogen) atoms. The highest BCUT2D eigenvalue weighted by atomic mass is 19.4. The van der Waals surface area contributed by atoms with Gasteiger partial charge in [0.25, 0.3) is 5.91 Å². The van der Waals surface area contributed by atoms with E-state index in [4.69, 9.17) is 0 Å². The molecule has 0 aliphatic carbocycles. The predicted octanol–water partition coefficient (Wildman–Crippen LogP) is 5.11. The van der Waals surface area contributed by atoms with E-state index < -0.39 is 17.6 Å². The van der Waals surface area contributed by atoms with E-state index in [1.807, 2.05) is 26.0 Å². The van der Waals surface area contributed by atoms with Gasteiger partial charge in [0.05, 0.1) is 11.3 Å². The fourth-order valence-corrected chi connectivity index (χ4v) is 2.58. The second-order valence-corrected chi connectivity index (χ2v) is 6.14. The van der Waals surface area contributed by atoms with Crippen LogP contribution in [0.2, 0.25) is 0 Å². The number of aryl methyl sites for hydroxylation is 1. The summed E-state index contributed by atoms with van der Waals surface area (Å²) in [4.78, 5) is 20.4. The Balaban J connectivity index is 1.83. The fraction of sp³-hybridized carbons (Fsp3) is 0.150. The first-order valence-corrected chi connectivity index (χ1v) is 8.39. The lowest BCUT2D eigenvalue weighted by Gasteiger charge is -2.14. The van der Waals surface area contributed by atoms with Crippen molar-refractivity contribution in [3.05, 3.63) is 77.1 Å². The normalized spacial score (nSPS) is 11.2. The van der Waals surface area contributed by atoms with E-state index in [0.29, 0.717) is 5.69 Å². The van der Waals surface area contributed by atoms with E-state index in [0.717, 1.165) is 17.2 Å². The Morgan fingerprint density at radius 3 is 2.43 bits per heavy atom. The number of hydrogen-bond donors (Lipinski definition) is 2. The number of carbonyl (C=O) groups excluding carboxylic acids is 1. The molecule has 0 unspecified atom stereocenters. The van der Waals surface area contributed by atoms with Gasteiger partial charge in [-0.15, -0.1) is 0 Å². The Morgan fingerprint density at radius 1 is 0.964 bits per heavy atom. The van der Waals surface area contributed by atoms with Gasteiger partial charge in [-0.25, -0.2) is 9.97 Å². The fourth-order valence-electron chi connectivity index (χ4n) is 2.58. The molecule has 0 radical (unpaired) electrons. The van der Waals surface area contributed by atoms with Gasteiger partial charge in [0.2, 0.25) is 5.95 Å². The largest absolute Gasteiger partial charge is 0.418 e. The number of para-hydroxylation sites is 1. The third-order valence-corrected chi connectivity index (χ3v) is 4.22. The molecule has 1 heterocycles. The number of alkyl halides is 3. The average Bonchev–Trinajstić information content (AvgIpc) is 2.65. The zero-order valence-corrected chi connectivity index (χ0v) is 15.1. The molecule has 0 spiro atoms. The molecule has 0 aliphatic heterocycles. The van der Waals surface area contributed by atoms with E-state index in [2.05, 4.69) is 20.6 Å². The molecule has 0 fully saturated rings. The van der Waals surface area contributed by atoms with Gasteiger partial charge in [-0.3, -0.25) is 4.79 Å². The summed E-state index contributed by atoms with van der Waals surface area (Å²) in [5, 5.41) is 5.29. The van der Waals surface area contributed by atoms with E-state index in [-0.39, 0.29) is 17.3 Å². The molecule has 1 aromatic heterocycles. The first-order chi connectivity index (χ1) is 13.3. The number of benzene rings is 2. The van der Waals surface area contributed by atoms with Crippen molar-refractivity contribution in [3.8, 4) is 0 Å². The third-order valence-electron chi connectivity index (χ3n) is 4.22. The van der Waals surface area contributed by atoms with Gasteiger partial charge in [-0.1, -0.05) is 24.3 Å². The molecule has 3 aromatic rings. The molecule has 3 rings (SSSR count). The van der Waals surface area contributed by atoms with Crippen LogP contribution in [0.1, 0.15) is 27.2 Å². The molecule has 8 heteroatoms. The molecule has 144 valence electrons. The predicted molar refractivity (Wildman–Crippen MR) is 101 cm³/mol. The van der Waals surface area contributed by atoms with Crippen molar-refractivity contribution in [3.63, 3.8) is 0 Å². The Bertz CT molecular complexity index is 1020. The molecule has 0 atom stereocenters. The van der Waals surface area contributed by atoms with Crippen LogP contribution in [0.5, 0.6) is 0 Å². The van der Waals surface area contributed by atoms with Gasteiger partial charge in [0.15, 0.2) is 0 Å². The minimum Gasteiger partial charge on any atom is -0.324 e. The smallest absolute Gasteiger partial charge is 0.324 e. The summed E-state index contributed by atoms with van der Waals surface area (Å²) >= 11 is 0. The Kier molecular flexibility index (Phi) is 5.30. The number of rotatable bonds is 4. The number of carbonyl (C=O) groups is 1. The number of nitrogens with one attached hydrogen (secondary N) is 2. The number of aromatic nitrogens is 2. The lowest BCUT2D eigenvalue weighted by molar-refractivity contribution is -0.136. The minimum atomic E-state index is -4.53. The molecule has 0 saturated carbocycles. The molecular formula is C20H17F3N4O. The van der Waals surface area contributed by atoms with E-state index in [1.54, 1.807) is 6.07 Å². The molecule has 0 saturated heterocycles. The number of amides is 1. The number of halogens is 3. The Hall–Kier alpha value is -3.42. The summed E-state index contributed by atoms with van der Waals surface area (Å²) in [5.74, 6) is -0.589. The highest BCUT2D eigenvalue weighted by Crippen LogP contribution is 2.35. The standard InChI is InChI=1S/C20H17F3N4O/c1-12-6-5-9-15(13(12)2)25-18(28)17-10-11-24-19(27-17)26-16-8-4-3-7-14(16)20(21,22)23/h3-11H,1-2H3,(H,25,28)(H,24,26,27). The maximum Gasteiger partial charge on any atom is 0.418 e. The second kappa shape index (κ2) is 7.67. The summed E-state index contributed by atoms with van der Waals surface area (Å²) in [6.45, 7) is 3.81. The molecule has 2 N–H and O–H groups in total. The van der Waals surface area contributed by atoms with Gasteiger partial charge in [0, 0.05) is 11.9 Å². The third kappa shape index (κ3) is 4.28. The Morgan fingerprint density at radius 2 is 1.68 bits per heavy atom. The van der Waals surface area contributed by atoms with Crippen LogP contribution in [0, 0.1) is 13.8 Å². The summed E-state index contributed by atoms with van der Waals surface area (Å²) in [5.41, 5.74) is 1.57. The van der Waals surface area contributed by atoms with Crippen molar-refractivity contribution >= 4 is 23.2 Å². The maximum atomic E-state index is 13.1. The maximum absolute atomic E-state index is 13.1. The van der Waals surface area contributed by atoms with Gasteiger partial charge in [-0.05, 0) is 49.2 Å². The van der Waals surface area contributed by atoms with E-state index >= 15 is 0 Å². The van der Waals surface area contributed by atoms with Crippen LogP contribution in [0.4, 0.5) is 30.5 Å². The van der Waals surface area contributed by atoms with Crippen LogP contribution in [-0.4, -0.2) is 15.9 Å². The van der Waals surface area contributed by atoms with Gasteiger partial charge in [-0.2, -0.15) is 13.2 Å². The monoisotopic (exact) mass is 386 g/mol. The van der Waals surface area contributed by atoms with Crippen molar-refractivity contribution in [2.45, 2.75) is 20.0 Å². The van der Waals surface area contributed by atoms with Gasteiger partial charge < -0.3 is 10.6 Å². The number of hydrogen-bond acceptors (Lipinski definition) is 4. The molecule has 0 bridgehead atoms. The highest BCUT2D eigenvalue weighted by molar-refractivity contribution is 6.03. The Labute approximate surface area is 159 Å². The lowest BCUT2D eigenvalue weighted by Crippen LogP contribution is -2.16. The van der Waals surface area contributed by atoms with E-state index in [1.165, 1.54) is 30.5 Å². The highest BCUT2D eigenvalue weighted by Gasteiger charge is 2.33. The quantitative estimate of drug-likeness (QED) is 0.654. The van der Waals surface area contributed by atoms with E-state index in [9.17, 15) is 18.0 Å². The summed E-state index contributed by atoms with van der Waals surface area (Å²) in [6.07, 6.45) is -3.22. The topological polar surface area (TPSA) is 66.9 Å². The zero-order chi connectivity index (χ0) is 20.3. The zero-order valence-electron chi connectivity index (χ0n) is 15.1. The van der Waals surface area contributed by atoms with Crippen LogP contribution in [0.25, 0.3) is 0 Å². The van der Waals surface area contributed by atoms with Crippen LogP contribution in [0.15, 0.2) is 54.7 Å². The van der Waals surface area contributed by atoms with Crippen molar-refractivity contribution in [1.82, 2.24) is 9.97 Å². The first-order valence-electron chi connectivity index (χ1n) is 8.39. The molecule has 0 aliphatic rings. The molecular weight excluding hydrogens is 369 g/mol. The van der Waals surface area contributed by atoms with Crippen molar-refractivity contribution in [2.75, 3.05) is 10.6 Å². The lowest BCUT2D eigenvalue weighted by atomic mass is 10.1. The SMILES string of the molecule is Cc1cccc(NC(=O)c2ccnc(Nc3ccccc3C(F)(F)F)n2)c1C. The summed E-state index contributed by atoms with van der Waals surface area (Å²) in [7, 11) is 0. The van der Waals surface area contributed by atoms with Crippen molar-refractivity contribution in [1.29, 1.82) is 0 Å². The minimum absolute atomic E-state index is 0.0305. The number of anilines is 3. The van der Waals surface area contributed by atoms with Crippen molar-refractivity contribution < 1.29 is 18.0 Å². The van der Waals surface area contributed by atoms with Crippen LogP contribution >= 0.6 is 0 Å². The second-order valence-electron chi connectivity index (χ2n) is 6.14. The summed E-state index contributed by atoms with van der Waals surface area (Å²) < 4.78 is 39.4. The van der Waals surface area contributed by atoms with Gasteiger partial charge in [0.1, 0.15) is 5.69 Å². The number of nitrogens with zero attached hydrogens (tertiary/aromatic N) is 2. The molecule has 5 nitrogen and oxygen atoms in total.